The topological polar surface area (TPSA) is 61.4 Å². The molecule has 0 saturated carbocycles. The number of rotatable bonds is 7. The maximum Gasteiger partial charge on any atom is 0.191 e. The molecule has 0 unspecified atom stereocenters. The van der Waals surface area contributed by atoms with Crippen LogP contribution in [0.3, 0.4) is 0 Å². The fraction of sp³-hybridized carbons (Fsp3) is 0.500. The van der Waals surface area contributed by atoms with Crippen LogP contribution < -0.4 is 10.6 Å². The second kappa shape index (κ2) is 8.15. The van der Waals surface area contributed by atoms with E-state index in [-0.39, 0.29) is 11.4 Å². The molecule has 6 heteroatoms. The van der Waals surface area contributed by atoms with Crippen molar-refractivity contribution in [3.63, 3.8) is 0 Å². The van der Waals surface area contributed by atoms with Crippen LogP contribution in [0.2, 0.25) is 0 Å². The smallest absolute Gasteiger partial charge is 0.191 e. The zero-order valence-electron chi connectivity index (χ0n) is 14.9. The average Bonchev–Trinajstić information content (AvgIpc) is 2.95. The number of aromatic nitrogens is 1. The summed E-state index contributed by atoms with van der Waals surface area (Å²) in [4.78, 5) is 7.73. The number of nitrogens with one attached hydrogen (secondary N) is 3. The van der Waals surface area contributed by atoms with Crippen LogP contribution in [0, 0.1) is 5.82 Å². The Hall–Kier alpha value is -2.08. The predicted octanol–water partition coefficient (Wildman–Crippen LogP) is 2.83. The molecule has 0 amide bonds. The minimum absolute atomic E-state index is 0.215. The Kier molecular flexibility index (Phi) is 6.20. The highest BCUT2D eigenvalue weighted by molar-refractivity contribution is 5.83. The van der Waals surface area contributed by atoms with Crippen LogP contribution in [0.5, 0.6) is 0 Å². The Morgan fingerprint density at radius 1 is 1.33 bits per heavy atom. The van der Waals surface area contributed by atoms with Gasteiger partial charge in [-0.05, 0) is 51.0 Å². The van der Waals surface area contributed by atoms with Gasteiger partial charge in [0.2, 0.25) is 0 Å². The number of hydrogen-bond acceptors (Lipinski definition) is 2. The molecule has 0 radical (unpaired) electrons. The molecule has 0 aliphatic heterocycles. The first-order valence-corrected chi connectivity index (χ1v) is 8.28. The Morgan fingerprint density at radius 3 is 2.83 bits per heavy atom. The number of methoxy groups -OCH3 is 1. The highest BCUT2D eigenvalue weighted by Gasteiger charge is 2.15. The lowest BCUT2D eigenvalue weighted by atomic mass is 10.1. The summed E-state index contributed by atoms with van der Waals surface area (Å²) in [7, 11) is 1.69. The lowest BCUT2D eigenvalue weighted by molar-refractivity contribution is 0.0310. The summed E-state index contributed by atoms with van der Waals surface area (Å²) >= 11 is 0. The molecule has 1 heterocycles. The molecule has 0 atom stereocenters. The van der Waals surface area contributed by atoms with E-state index < -0.39 is 0 Å². The molecule has 0 spiro atoms. The minimum Gasteiger partial charge on any atom is -0.377 e. The van der Waals surface area contributed by atoms with Gasteiger partial charge >= 0.3 is 0 Å². The van der Waals surface area contributed by atoms with E-state index >= 15 is 0 Å². The van der Waals surface area contributed by atoms with Crippen molar-refractivity contribution < 1.29 is 9.13 Å². The number of fused-ring (bicyclic) bond motifs is 1. The molecular formula is C18H27FN4O. The van der Waals surface area contributed by atoms with Crippen LogP contribution in [0.25, 0.3) is 10.9 Å². The maximum atomic E-state index is 13.4. The number of aromatic amines is 1. The van der Waals surface area contributed by atoms with Crippen molar-refractivity contribution in [3.8, 4) is 0 Å². The van der Waals surface area contributed by atoms with Crippen molar-refractivity contribution >= 4 is 16.9 Å². The summed E-state index contributed by atoms with van der Waals surface area (Å²) in [5, 5.41) is 7.46. The van der Waals surface area contributed by atoms with E-state index in [1.54, 1.807) is 19.2 Å². The molecule has 0 fully saturated rings. The molecule has 2 aromatic rings. The molecule has 1 aromatic heterocycles. The number of benzene rings is 1. The molecule has 24 heavy (non-hydrogen) atoms. The molecule has 0 saturated heterocycles. The van der Waals surface area contributed by atoms with Crippen LogP contribution in [0.1, 0.15) is 26.3 Å². The standard InChI is InChI=1S/C18H27FN4O/c1-5-20-17(23-12-18(2,3)24-4)21-9-8-13-11-22-16-7-6-14(19)10-15(13)16/h6-7,10-11,22H,5,8-9,12H2,1-4H3,(H2,20,21,23). The fourth-order valence-corrected chi connectivity index (χ4v) is 2.35. The van der Waals surface area contributed by atoms with Gasteiger partial charge < -0.3 is 20.4 Å². The molecule has 3 N–H and O–H groups in total. The molecule has 2 rings (SSSR count). The van der Waals surface area contributed by atoms with Crippen molar-refractivity contribution in [1.29, 1.82) is 0 Å². The third-order valence-corrected chi connectivity index (χ3v) is 3.93. The van der Waals surface area contributed by atoms with Gasteiger partial charge in [0.25, 0.3) is 0 Å². The second-order valence-corrected chi connectivity index (χ2v) is 6.34. The number of aliphatic imine (C=N–C) groups is 1. The van der Waals surface area contributed by atoms with Gasteiger partial charge in [-0.15, -0.1) is 0 Å². The average molecular weight is 334 g/mol. The van der Waals surface area contributed by atoms with Crippen molar-refractivity contribution in [2.75, 3.05) is 26.7 Å². The highest BCUT2D eigenvalue weighted by Crippen LogP contribution is 2.19. The molecule has 0 aliphatic rings. The zero-order valence-corrected chi connectivity index (χ0v) is 14.9. The first-order chi connectivity index (χ1) is 11.4. The van der Waals surface area contributed by atoms with E-state index in [1.807, 2.05) is 27.0 Å². The van der Waals surface area contributed by atoms with E-state index in [1.165, 1.54) is 6.07 Å². The third-order valence-electron chi connectivity index (χ3n) is 3.93. The van der Waals surface area contributed by atoms with Gasteiger partial charge in [0.05, 0.1) is 12.1 Å². The summed E-state index contributed by atoms with van der Waals surface area (Å²) in [5.41, 5.74) is 1.75. The lowest BCUT2D eigenvalue weighted by Gasteiger charge is -2.21. The molecule has 0 bridgehead atoms. The number of H-pyrrole nitrogens is 1. The first-order valence-electron chi connectivity index (χ1n) is 8.28. The number of ether oxygens (including phenoxy) is 1. The third kappa shape index (κ3) is 4.96. The van der Waals surface area contributed by atoms with Crippen molar-refractivity contribution in [1.82, 2.24) is 15.6 Å². The van der Waals surface area contributed by atoms with Gasteiger partial charge in [-0.25, -0.2) is 4.39 Å². The zero-order chi connectivity index (χ0) is 17.6. The maximum absolute atomic E-state index is 13.4. The lowest BCUT2D eigenvalue weighted by Crippen LogP contribution is -2.40. The summed E-state index contributed by atoms with van der Waals surface area (Å²) in [6.45, 7) is 8.10. The molecular weight excluding hydrogens is 307 g/mol. The van der Waals surface area contributed by atoms with Crippen LogP contribution in [0.15, 0.2) is 29.4 Å². The summed E-state index contributed by atoms with van der Waals surface area (Å²) in [6, 6.07) is 4.80. The Morgan fingerprint density at radius 2 is 2.12 bits per heavy atom. The Bertz CT molecular complexity index is 693. The van der Waals surface area contributed by atoms with Gasteiger partial charge in [-0.3, -0.25) is 4.99 Å². The molecule has 5 nitrogen and oxygen atoms in total. The fourth-order valence-electron chi connectivity index (χ4n) is 2.35. The monoisotopic (exact) mass is 334 g/mol. The van der Waals surface area contributed by atoms with Gasteiger partial charge in [0.1, 0.15) is 5.82 Å². The summed E-state index contributed by atoms with van der Waals surface area (Å²) < 4.78 is 18.8. The first kappa shape index (κ1) is 18.3. The van der Waals surface area contributed by atoms with Crippen molar-refractivity contribution in [2.45, 2.75) is 32.8 Å². The Labute approximate surface area is 142 Å². The van der Waals surface area contributed by atoms with Gasteiger partial charge in [0, 0.05) is 37.3 Å². The number of halogens is 1. The predicted molar refractivity (Wildman–Crippen MR) is 97.0 cm³/mol. The van der Waals surface area contributed by atoms with Gasteiger partial charge in [-0.2, -0.15) is 0 Å². The van der Waals surface area contributed by atoms with Crippen LogP contribution in [-0.2, 0) is 11.2 Å². The summed E-state index contributed by atoms with van der Waals surface area (Å²) in [5.74, 6) is 0.543. The molecule has 1 aromatic carbocycles. The van der Waals surface area contributed by atoms with E-state index in [4.69, 9.17) is 4.74 Å². The number of nitrogens with zero attached hydrogens (tertiary/aromatic N) is 1. The largest absolute Gasteiger partial charge is 0.377 e. The second-order valence-electron chi connectivity index (χ2n) is 6.34. The van der Waals surface area contributed by atoms with Crippen molar-refractivity contribution in [2.24, 2.45) is 4.99 Å². The van der Waals surface area contributed by atoms with Gasteiger partial charge in [0.15, 0.2) is 5.96 Å². The highest BCUT2D eigenvalue weighted by atomic mass is 19.1. The number of guanidine groups is 1. The number of hydrogen-bond donors (Lipinski definition) is 3. The quantitative estimate of drug-likeness (QED) is 0.539. The molecule has 0 aliphatic carbocycles. The Balaban J connectivity index is 1.96. The summed E-state index contributed by atoms with van der Waals surface area (Å²) in [6.07, 6.45) is 2.71. The van der Waals surface area contributed by atoms with Crippen molar-refractivity contribution in [3.05, 3.63) is 35.8 Å². The van der Waals surface area contributed by atoms with E-state index in [9.17, 15) is 4.39 Å². The molecule has 132 valence electrons. The van der Waals surface area contributed by atoms with Gasteiger partial charge in [-0.1, -0.05) is 0 Å². The minimum atomic E-state index is -0.295. The normalized spacial score (nSPS) is 12.6. The van der Waals surface area contributed by atoms with Crippen LogP contribution >= 0.6 is 0 Å². The van der Waals surface area contributed by atoms with Crippen LogP contribution in [0.4, 0.5) is 4.39 Å². The van der Waals surface area contributed by atoms with E-state index in [2.05, 4.69) is 20.6 Å². The SMILES string of the molecule is CCNC(=NCC(C)(C)OC)NCCc1c[nH]c2ccc(F)cc12. The van der Waals surface area contributed by atoms with E-state index in [0.717, 1.165) is 35.4 Å². The van der Waals surface area contributed by atoms with Crippen LogP contribution in [-0.4, -0.2) is 43.3 Å². The van der Waals surface area contributed by atoms with E-state index in [0.29, 0.717) is 13.1 Å².